The summed E-state index contributed by atoms with van der Waals surface area (Å²) in [7, 11) is 0. The van der Waals surface area contributed by atoms with Gasteiger partial charge in [-0.05, 0) is 48.4 Å². The highest BCUT2D eigenvalue weighted by molar-refractivity contribution is 9.10. The third-order valence-electron chi connectivity index (χ3n) is 2.38. The van der Waals surface area contributed by atoms with Crippen LogP contribution >= 0.6 is 15.9 Å². The highest BCUT2D eigenvalue weighted by atomic mass is 79.9. The van der Waals surface area contributed by atoms with E-state index in [9.17, 15) is 4.39 Å². The Morgan fingerprint density at radius 3 is 2.88 bits per heavy atom. The Balaban J connectivity index is 2.09. The van der Waals surface area contributed by atoms with Crippen LogP contribution in [0.2, 0.25) is 0 Å². The molecule has 0 aliphatic heterocycles. The van der Waals surface area contributed by atoms with Crippen molar-refractivity contribution in [2.75, 3.05) is 5.32 Å². The smallest absolute Gasteiger partial charge is 0.126 e. The first-order chi connectivity index (χ1) is 8.15. The lowest BCUT2D eigenvalue weighted by molar-refractivity contribution is 0.625. The number of aromatic nitrogens is 1. The van der Waals surface area contributed by atoms with Gasteiger partial charge in [0.05, 0.1) is 0 Å². The van der Waals surface area contributed by atoms with Crippen molar-refractivity contribution >= 4 is 21.7 Å². The standard InChI is InChI=1S/C13H12BrFN2/c1-9-4-5-16-13(6-9)17-8-10-7-11(15)2-3-12(10)14/h2-7H,8H2,1H3,(H,16,17). The molecule has 0 unspecified atom stereocenters. The lowest BCUT2D eigenvalue weighted by Gasteiger charge is -2.08. The predicted molar refractivity (Wildman–Crippen MR) is 70.4 cm³/mol. The van der Waals surface area contributed by atoms with Crippen molar-refractivity contribution in [3.05, 3.63) is 57.9 Å². The molecule has 1 aromatic carbocycles. The Kier molecular flexibility index (Phi) is 3.74. The van der Waals surface area contributed by atoms with Gasteiger partial charge in [-0.1, -0.05) is 15.9 Å². The summed E-state index contributed by atoms with van der Waals surface area (Å²) in [4.78, 5) is 4.19. The normalized spacial score (nSPS) is 10.3. The van der Waals surface area contributed by atoms with Crippen LogP contribution in [0.5, 0.6) is 0 Å². The van der Waals surface area contributed by atoms with Gasteiger partial charge in [0, 0.05) is 17.2 Å². The number of hydrogen-bond acceptors (Lipinski definition) is 2. The maximum absolute atomic E-state index is 13.1. The van der Waals surface area contributed by atoms with Crippen LogP contribution in [0.1, 0.15) is 11.1 Å². The highest BCUT2D eigenvalue weighted by Crippen LogP contribution is 2.19. The number of pyridine rings is 1. The van der Waals surface area contributed by atoms with Crippen molar-refractivity contribution in [3.63, 3.8) is 0 Å². The van der Waals surface area contributed by atoms with Crippen LogP contribution in [0.15, 0.2) is 41.0 Å². The highest BCUT2D eigenvalue weighted by Gasteiger charge is 2.02. The summed E-state index contributed by atoms with van der Waals surface area (Å²) in [6.45, 7) is 2.54. The molecule has 0 saturated carbocycles. The first-order valence-corrected chi connectivity index (χ1v) is 6.05. The SMILES string of the molecule is Cc1ccnc(NCc2cc(F)ccc2Br)c1. The monoisotopic (exact) mass is 294 g/mol. The summed E-state index contributed by atoms with van der Waals surface area (Å²) < 4.78 is 14.0. The molecular weight excluding hydrogens is 283 g/mol. The third kappa shape index (κ3) is 3.27. The van der Waals surface area contributed by atoms with Crippen LogP contribution in [0, 0.1) is 12.7 Å². The number of halogens is 2. The molecule has 0 saturated heterocycles. The number of rotatable bonds is 3. The molecule has 1 heterocycles. The maximum atomic E-state index is 13.1. The minimum atomic E-state index is -0.234. The fourth-order valence-corrected chi connectivity index (χ4v) is 1.88. The topological polar surface area (TPSA) is 24.9 Å². The van der Waals surface area contributed by atoms with Crippen LogP contribution in [0.3, 0.4) is 0 Å². The van der Waals surface area contributed by atoms with E-state index >= 15 is 0 Å². The molecule has 1 N–H and O–H groups in total. The Labute approximate surface area is 108 Å². The van der Waals surface area contributed by atoms with Crippen molar-refractivity contribution in [3.8, 4) is 0 Å². The molecule has 0 fully saturated rings. The minimum absolute atomic E-state index is 0.234. The first kappa shape index (κ1) is 12.0. The second-order valence-electron chi connectivity index (χ2n) is 3.81. The Morgan fingerprint density at radius 2 is 2.12 bits per heavy atom. The molecule has 0 bridgehead atoms. The zero-order valence-corrected chi connectivity index (χ0v) is 11.0. The molecule has 2 rings (SSSR count). The van der Waals surface area contributed by atoms with Crippen molar-refractivity contribution in [2.24, 2.45) is 0 Å². The number of nitrogens with zero attached hydrogens (tertiary/aromatic N) is 1. The van der Waals surface area contributed by atoms with E-state index in [4.69, 9.17) is 0 Å². The maximum Gasteiger partial charge on any atom is 0.126 e. The summed E-state index contributed by atoms with van der Waals surface area (Å²) in [6, 6.07) is 8.53. The molecular formula is C13H12BrFN2. The van der Waals surface area contributed by atoms with Gasteiger partial charge >= 0.3 is 0 Å². The number of benzene rings is 1. The second kappa shape index (κ2) is 5.27. The van der Waals surface area contributed by atoms with E-state index < -0.39 is 0 Å². The first-order valence-electron chi connectivity index (χ1n) is 5.25. The molecule has 0 aliphatic carbocycles. The number of anilines is 1. The number of nitrogens with one attached hydrogen (secondary N) is 1. The van der Waals surface area contributed by atoms with Gasteiger partial charge in [-0.2, -0.15) is 0 Å². The van der Waals surface area contributed by atoms with Crippen LogP contribution in [0.4, 0.5) is 10.2 Å². The molecule has 0 radical (unpaired) electrons. The number of hydrogen-bond donors (Lipinski definition) is 1. The predicted octanol–water partition coefficient (Wildman–Crippen LogP) is 3.90. The van der Waals surface area contributed by atoms with E-state index in [1.54, 1.807) is 12.3 Å². The fraction of sp³-hybridized carbons (Fsp3) is 0.154. The van der Waals surface area contributed by atoms with Gasteiger partial charge in [0.2, 0.25) is 0 Å². The third-order valence-corrected chi connectivity index (χ3v) is 3.16. The zero-order chi connectivity index (χ0) is 12.3. The Hall–Kier alpha value is -1.42. The van der Waals surface area contributed by atoms with E-state index in [1.807, 2.05) is 19.1 Å². The zero-order valence-electron chi connectivity index (χ0n) is 9.37. The largest absolute Gasteiger partial charge is 0.366 e. The van der Waals surface area contributed by atoms with Crippen LogP contribution in [-0.4, -0.2) is 4.98 Å². The van der Waals surface area contributed by atoms with Crippen molar-refractivity contribution in [2.45, 2.75) is 13.5 Å². The number of aryl methyl sites for hydroxylation is 1. The Bertz CT molecular complexity index is 529. The summed E-state index contributed by atoms with van der Waals surface area (Å²) in [6.07, 6.45) is 1.75. The van der Waals surface area contributed by atoms with E-state index in [1.165, 1.54) is 12.1 Å². The van der Waals surface area contributed by atoms with Gasteiger partial charge in [-0.3, -0.25) is 0 Å². The molecule has 2 nitrogen and oxygen atoms in total. The van der Waals surface area contributed by atoms with Crippen molar-refractivity contribution in [1.29, 1.82) is 0 Å². The van der Waals surface area contributed by atoms with Gasteiger partial charge in [0.1, 0.15) is 11.6 Å². The van der Waals surface area contributed by atoms with Crippen molar-refractivity contribution in [1.82, 2.24) is 4.98 Å². The van der Waals surface area contributed by atoms with Gasteiger partial charge in [-0.25, -0.2) is 9.37 Å². The van der Waals surface area contributed by atoms with Crippen LogP contribution < -0.4 is 5.32 Å². The average Bonchev–Trinajstić information content (AvgIpc) is 2.30. The minimum Gasteiger partial charge on any atom is -0.366 e. The average molecular weight is 295 g/mol. The summed E-state index contributed by atoms with van der Waals surface area (Å²) >= 11 is 3.39. The Morgan fingerprint density at radius 1 is 1.29 bits per heavy atom. The fourth-order valence-electron chi connectivity index (χ4n) is 1.50. The second-order valence-corrected chi connectivity index (χ2v) is 4.66. The molecule has 4 heteroatoms. The van der Waals surface area contributed by atoms with Crippen molar-refractivity contribution < 1.29 is 4.39 Å². The molecule has 1 aromatic heterocycles. The molecule has 0 atom stereocenters. The molecule has 0 aliphatic rings. The summed E-state index contributed by atoms with van der Waals surface area (Å²) in [5.41, 5.74) is 2.01. The molecule has 2 aromatic rings. The molecule has 88 valence electrons. The summed E-state index contributed by atoms with van der Waals surface area (Å²) in [5.74, 6) is 0.559. The van der Waals surface area contributed by atoms with Gasteiger partial charge in [-0.15, -0.1) is 0 Å². The quantitative estimate of drug-likeness (QED) is 0.928. The van der Waals surface area contributed by atoms with E-state index in [0.29, 0.717) is 6.54 Å². The van der Waals surface area contributed by atoms with Gasteiger partial charge in [0.15, 0.2) is 0 Å². The van der Waals surface area contributed by atoms with E-state index in [0.717, 1.165) is 21.4 Å². The summed E-state index contributed by atoms with van der Waals surface area (Å²) in [5, 5.41) is 3.16. The van der Waals surface area contributed by atoms with Crippen LogP contribution in [0.25, 0.3) is 0 Å². The van der Waals surface area contributed by atoms with Gasteiger partial charge < -0.3 is 5.32 Å². The van der Waals surface area contributed by atoms with Crippen LogP contribution in [-0.2, 0) is 6.54 Å². The van der Waals surface area contributed by atoms with Gasteiger partial charge in [0.25, 0.3) is 0 Å². The molecule has 0 amide bonds. The van der Waals surface area contributed by atoms with E-state index in [-0.39, 0.29) is 5.82 Å². The molecule has 17 heavy (non-hydrogen) atoms. The lowest BCUT2D eigenvalue weighted by atomic mass is 10.2. The molecule has 0 spiro atoms. The lowest BCUT2D eigenvalue weighted by Crippen LogP contribution is -2.02. The van der Waals surface area contributed by atoms with E-state index in [2.05, 4.69) is 26.2 Å².